The van der Waals surface area contributed by atoms with Gasteiger partial charge in [0.2, 0.25) is 11.8 Å². The van der Waals surface area contributed by atoms with Crippen molar-refractivity contribution < 1.29 is 33.8 Å². The Morgan fingerprint density at radius 1 is 1.08 bits per heavy atom. The second-order valence-corrected chi connectivity index (χ2v) is 10.8. The second kappa shape index (κ2) is 16.0. The fourth-order valence-electron chi connectivity index (χ4n) is 4.02. The molecule has 0 aromatic heterocycles. The van der Waals surface area contributed by atoms with Crippen LogP contribution >= 0.6 is 0 Å². The molecule has 0 saturated carbocycles. The smallest absolute Gasteiger partial charge is 0.408 e. The Kier molecular flexibility index (Phi) is 13.8. The largest absolute Gasteiger partial charge is 0.508 e. The predicted molar refractivity (Wildman–Crippen MR) is 149 cm³/mol. The molecule has 1 aromatic carbocycles. The van der Waals surface area contributed by atoms with E-state index in [0.717, 1.165) is 19.3 Å². The number of carbonyl (C=O) groups is 4. The van der Waals surface area contributed by atoms with Crippen LogP contribution in [0.25, 0.3) is 0 Å². The van der Waals surface area contributed by atoms with Crippen LogP contribution in [0.2, 0.25) is 0 Å². The average Bonchev–Trinajstić information content (AvgIpc) is 2.87. The maximum Gasteiger partial charge on any atom is 0.408 e. The monoisotopic (exact) mass is 549 g/mol. The van der Waals surface area contributed by atoms with Crippen molar-refractivity contribution in [2.45, 2.75) is 98.3 Å². The van der Waals surface area contributed by atoms with Gasteiger partial charge in [-0.2, -0.15) is 0 Å². The molecule has 0 spiro atoms. The Bertz CT molecular complexity index is 974. The van der Waals surface area contributed by atoms with Crippen LogP contribution in [0.4, 0.5) is 4.79 Å². The van der Waals surface area contributed by atoms with E-state index in [1.807, 2.05) is 13.8 Å². The molecule has 0 saturated heterocycles. The molecular formula is C29H47N3O7. The van der Waals surface area contributed by atoms with Gasteiger partial charge in [-0.3, -0.25) is 14.4 Å². The number of benzene rings is 1. The van der Waals surface area contributed by atoms with Crippen molar-refractivity contribution in [3.63, 3.8) is 0 Å². The summed E-state index contributed by atoms with van der Waals surface area (Å²) in [5, 5.41) is 15.4. The van der Waals surface area contributed by atoms with Gasteiger partial charge in [0, 0.05) is 6.54 Å². The van der Waals surface area contributed by atoms with Gasteiger partial charge in [0.25, 0.3) is 0 Å². The number of phenols is 1. The molecule has 10 heteroatoms. The summed E-state index contributed by atoms with van der Waals surface area (Å²) in [7, 11) is 1.22. The van der Waals surface area contributed by atoms with Crippen molar-refractivity contribution in [3.8, 4) is 5.75 Å². The first-order valence-electron chi connectivity index (χ1n) is 13.7. The zero-order valence-corrected chi connectivity index (χ0v) is 24.8. The summed E-state index contributed by atoms with van der Waals surface area (Å²) in [5.41, 5.74) is 0.242. The maximum absolute atomic E-state index is 14.2. The third kappa shape index (κ3) is 11.1. The van der Waals surface area contributed by atoms with Crippen LogP contribution in [-0.2, 0) is 23.9 Å². The van der Waals surface area contributed by atoms with Crippen LogP contribution in [0.15, 0.2) is 18.2 Å². The molecule has 3 unspecified atom stereocenters. The number of rotatable bonds is 14. The lowest BCUT2D eigenvalue weighted by atomic mass is 9.95. The summed E-state index contributed by atoms with van der Waals surface area (Å²) >= 11 is 0. The summed E-state index contributed by atoms with van der Waals surface area (Å²) in [6, 6.07) is 2.62. The molecule has 0 aliphatic heterocycles. The van der Waals surface area contributed by atoms with E-state index in [1.54, 1.807) is 39.8 Å². The van der Waals surface area contributed by atoms with E-state index in [1.165, 1.54) is 18.1 Å². The number of carbonyl (C=O) groups excluding carboxylic acids is 4. The Balaban J connectivity index is 3.57. The van der Waals surface area contributed by atoms with E-state index in [9.17, 15) is 24.3 Å². The molecule has 0 radical (unpaired) electrons. The van der Waals surface area contributed by atoms with Gasteiger partial charge < -0.3 is 30.1 Å². The zero-order valence-electron chi connectivity index (χ0n) is 24.8. The predicted octanol–water partition coefficient (Wildman–Crippen LogP) is 4.38. The topological polar surface area (TPSA) is 134 Å². The molecule has 0 heterocycles. The van der Waals surface area contributed by atoms with Gasteiger partial charge >= 0.3 is 12.1 Å². The fourth-order valence-corrected chi connectivity index (χ4v) is 4.02. The number of aromatic hydroxyl groups is 1. The Hall–Kier alpha value is -3.30. The number of methoxy groups -OCH3 is 1. The quantitative estimate of drug-likeness (QED) is 0.232. The highest BCUT2D eigenvalue weighted by atomic mass is 16.6. The molecule has 10 nitrogen and oxygen atoms in total. The normalized spacial score (nSPS) is 13.5. The number of nitrogens with one attached hydrogen (secondary N) is 2. The third-order valence-electron chi connectivity index (χ3n) is 6.42. The van der Waals surface area contributed by atoms with Crippen LogP contribution in [0.3, 0.4) is 0 Å². The highest BCUT2D eigenvalue weighted by molar-refractivity contribution is 5.93. The molecule has 3 atom stereocenters. The zero-order chi connectivity index (χ0) is 29.8. The van der Waals surface area contributed by atoms with Crippen LogP contribution in [-0.4, -0.2) is 65.7 Å². The first-order valence-corrected chi connectivity index (χ1v) is 13.7. The van der Waals surface area contributed by atoms with Crippen molar-refractivity contribution in [2.24, 2.45) is 5.92 Å². The van der Waals surface area contributed by atoms with Gasteiger partial charge in [0.05, 0.1) is 7.11 Å². The number of hydrogen-bond donors (Lipinski definition) is 3. The average molecular weight is 550 g/mol. The summed E-state index contributed by atoms with van der Waals surface area (Å²) in [5.74, 6) is -1.85. The summed E-state index contributed by atoms with van der Waals surface area (Å²) in [4.78, 5) is 53.7. The second-order valence-electron chi connectivity index (χ2n) is 10.8. The van der Waals surface area contributed by atoms with Crippen molar-refractivity contribution in [3.05, 3.63) is 29.3 Å². The molecule has 0 aliphatic carbocycles. The molecule has 39 heavy (non-hydrogen) atoms. The van der Waals surface area contributed by atoms with Crippen LogP contribution in [0.1, 0.15) is 90.8 Å². The SMILES string of the molecule is CCCCCCN(C(=O)C(NC(=O)OC(C)(C)C)C(C)CC)C(C(=O)NCC(=O)OC)c1ccc(O)c(C)c1. The summed E-state index contributed by atoms with van der Waals surface area (Å²) in [6.07, 6.45) is 3.30. The van der Waals surface area contributed by atoms with Gasteiger partial charge in [0.1, 0.15) is 30.0 Å². The number of hydrogen-bond acceptors (Lipinski definition) is 7. The van der Waals surface area contributed by atoms with Crippen molar-refractivity contribution in [2.75, 3.05) is 20.2 Å². The lowest BCUT2D eigenvalue weighted by Crippen LogP contribution is -2.55. The number of ether oxygens (including phenoxy) is 2. The minimum atomic E-state index is -1.12. The molecule has 0 aliphatic rings. The van der Waals surface area contributed by atoms with Crippen molar-refractivity contribution >= 4 is 23.9 Å². The number of nitrogens with zero attached hydrogens (tertiary/aromatic N) is 1. The Labute approximate surface area is 232 Å². The van der Waals surface area contributed by atoms with Gasteiger partial charge in [-0.15, -0.1) is 0 Å². The molecule has 1 aromatic rings. The molecule has 220 valence electrons. The van der Waals surface area contributed by atoms with E-state index in [2.05, 4.69) is 22.3 Å². The van der Waals surface area contributed by atoms with Crippen LogP contribution in [0.5, 0.6) is 5.75 Å². The first kappa shape index (κ1) is 33.7. The number of unbranched alkanes of at least 4 members (excludes halogenated alkanes) is 3. The number of amides is 3. The molecule has 0 bridgehead atoms. The third-order valence-corrected chi connectivity index (χ3v) is 6.42. The Morgan fingerprint density at radius 2 is 1.74 bits per heavy atom. The summed E-state index contributed by atoms with van der Waals surface area (Å²) in [6.45, 7) is 12.6. The first-order chi connectivity index (χ1) is 18.2. The van der Waals surface area contributed by atoms with Gasteiger partial charge in [-0.1, -0.05) is 52.5 Å². The summed E-state index contributed by atoms with van der Waals surface area (Å²) < 4.78 is 10.1. The van der Waals surface area contributed by atoms with Gasteiger partial charge in [-0.05, 0) is 63.3 Å². The molecule has 0 fully saturated rings. The van der Waals surface area contributed by atoms with E-state index in [-0.39, 0.29) is 24.8 Å². The van der Waals surface area contributed by atoms with E-state index >= 15 is 0 Å². The lowest BCUT2D eigenvalue weighted by Gasteiger charge is -2.36. The van der Waals surface area contributed by atoms with Crippen molar-refractivity contribution in [1.29, 1.82) is 0 Å². The minimum absolute atomic E-state index is 0.0531. The molecular weight excluding hydrogens is 502 g/mol. The van der Waals surface area contributed by atoms with Crippen LogP contribution < -0.4 is 10.6 Å². The minimum Gasteiger partial charge on any atom is -0.508 e. The molecule has 1 rings (SSSR count). The molecule has 3 N–H and O–H groups in total. The molecule has 3 amide bonds. The number of alkyl carbamates (subject to hydrolysis) is 1. The maximum atomic E-state index is 14.2. The number of aryl methyl sites for hydroxylation is 1. The lowest BCUT2D eigenvalue weighted by molar-refractivity contribution is -0.145. The van der Waals surface area contributed by atoms with E-state index in [0.29, 0.717) is 24.0 Å². The highest BCUT2D eigenvalue weighted by Crippen LogP contribution is 2.28. The standard InChI is InChI=1S/C29H47N3O7/c1-9-11-12-13-16-32(27(36)24(19(3)10-2)31-28(37)39-29(5,6)7)25(26(35)30-18-23(34)38-8)21-14-15-22(33)20(4)17-21/h14-15,17,19,24-25,33H,9-13,16,18H2,1-8H3,(H,30,35)(H,31,37). The van der Waals surface area contributed by atoms with Crippen LogP contribution in [0, 0.1) is 12.8 Å². The van der Waals surface area contributed by atoms with Gasteiger partial charge in [-0.25, -0.2) is 4.79 Å². The highest BCUT2D eigenvalue weighted by Gasteiger charge is 2.38. The van der Waals surface area contributed by atoms with Crippen molar-refractivity contribution in [1.82, 2.24) is 15.5 Å². The van der Waals surface area contributed by atoms with E-state index < -0.39 is 41.6 Å². The number of esters is 1. The van der Waals surface area contributed by atoms with E-state index in [4.69, 9.17) is 4.74 Å². The fraction of sp³-hybridized carbons (Fsp3) is 0.655. The Morgan fingerprint density at radius 3 is 2.28 bits per heavy atom. The van der Waals surface area contributed by atoms with Gasteiger partial charge in [0.15, 0.2) is 0 Å². The number of phenolic OH excluding ortho intramolecular Hbond substituents is 1.